The summed E-state index contributed by atoms with van der Waals surface area (Å²) in [7, 11) is -1.08. The molecule has 154 valence electrons. The summed E-state index contributed by atoms with van der Waals surface area (Å²) < 4.78 is 7.89. The van der Waals surface area contributed by atoms with E-state index in [4.69, 9.17) is 9.72 Å². The summed E-state index contributed by atoms with van der Waals surface area (Å²) in [6.45, 7) is 10.4. The highest BCUT2D eigenvalue weighted by molar-refractivity contribution is 6.76. The van der Waals surface area contributed by atoms with Crippen molar-refractivity contribution in [3.8, 4) is 11.3 Å². The van der Waals surface area contributed by atoms with E-state index in [1.807, 2.05) is 41.4 Å². The monoisotopic (exact) mass is 410 g/mol. The highest BCUT2D eigenvalue weighted by atomic mass is 28.3. The van der Waals surface area contributed by atoms with Gasteiger partial charge in [-0.2, -0.15) is 0 Å². The molecule has 1 unspecified atom stereocenters. The first-order valence-corrected chi connectivity index (χ1v) is 14.0. The van der Waals surface area contributed by atoms with Crippen molar-refractivity contribution in [3.63, 3.8) is 0 Å². The van der Waals surface area contributed by atoms with Gasteiger partial charge in [0.25, 0.3) is 0 Å². The summed E-state index contributed by atoms with van der Waals surface area (Å²) in [5, 5.41) is 6.92. The van der Waals surface area contributed by atoms with Crippen LogP contribution < -0.4 is 10.6 Å². The van der Waals surface area contributed by atoms with E-state index >= 15 is 0 Å². The maximum atomic E-state index is 5.87. The molecule has 3 aromatic rings. The highest BCUT2D eigenvalue weighted by Crippen LogP contribution is 2.26. The second kappa shape index (κ2) is 8.60. The van der Waals surface area contributed by atoms with Crippen LogP contribution in [0.1, 0.15) is 6.42 Å². The van der Waals surface area contributed by atoms with Gasteiger partial charge in [-0.1, -0.05) is 19.6 Å². The Morgan fingerprint density at radius 2 is 2.17 bits per heavy atom. The Hall–Kier alpha value is -2.29. The maximum Gasteiger partial charge on any atom is 0.160 e. The van der Waals surface area contributed by atoms with Crippen molar-refractivity contribution < 1.29 is 4.74 Å². The number of anilines is 1. The summed E-state index contributed by atoms with van der Waals surface area (Å²) >= 11 is 0. The normalized spacial score (nSPS) is 17.1. The van der Waals surface area contributed by atoms with Crippen LogP contribution >= 0.6 is 0 Å². The molecule has 0 bridgehead atoms. The lowest BCUT2D eigenvalue weighted by atomic mass is 10.1. The molecule has 2 N–H and O–H groups in total. The molecule has 1 aliphatic heterocycles. The molecule has 8 heteroatoms. The van der Waals surface area contributed by atoms with E-state index in [0.29, 0.717) is 12.8 Å². The fraction of sp³-hybridized carbons (Fsp3) is 0.476. The number of rotatable bonds is 8. The number of fused-ring (bicyclic) bond motifs is 1. The zero-order chi connectivity index (χ0) is 20.3. The van der Waals surface area contributed by atoms with E-state index in [9.17, 15) is 0 Å². The standard InChI is InChI=1S/C21H30N6OSi/c1-29(2,3)12-11-28-15-27-10-7-18-21(27)24-14-19(26-18)17-5-4-8-23-20(17)25-16-6-9-22-13-16/h4-5,7-8,10,14,16,22H,6,9,11-13,15H2,1-3H3,(H,23,25). The molecule has 0 radical (unpaired) electrons. The van der Waals surface area contributed by atoms with Crippen molar-refractivity contribution in [1.82, 2.24) is 24.8 Å². The Kier molecular flexibility index (Phi) is 5.93. The first kappa shape index (κ1) is 20.0. The van der Waals surface area contributed by atoms with Crippen LogP contribution in [-0.2, 0) is 11.5 Å². The molecule has 0 aromatic carbocycles. The van der Waals surface area contributed by atoms with Crippen molar-refractivity contribution in [3.05, 3.63) is 36.8 Å². The van der Waals surface area contributed by atoms with Gasteiger partial charge in [-0.05, 0) is 37.2 Å². The van der Waals surface area contributed by atoms with Crippen molar-refractivity contribution in [1.29, 1.82) is 0 Å². The number of pyridine rings is 1. The molecule has 0 amide bonds. The van der Waals surface area contributed by atoms with E-state index < -0.39 is 8.07 Å². The smallest absolute Gasteiger partial charge is 0.160 e. The third-order valence-electron chi connectivity index (χ3n) is 5.18. The van der Waals surface area contributed by atoms with Crippen molar-refractivity contribution in [2.75, 3.05) is 25.0 Å². The van der Waals surface area contributed by atoms with E-state index in [0.717, 1.165) is 60.4 Å². The average Bonchev–Trinajstić information content (AvgIpc) is 3.34. The van der Waals surface area contributed by atoms with Gasteiger partial charge < -0.3 is 19.9 Å². The molecule has 1 fully saturated rings. The molecule has 7 nitrogen and oxygen atoms in total. The first-order valence-electron chi connectivity index (χ1n) is 10.3. The van der Waals surface area contributed by atoms with Gasteiger partial charge >= 0.3 is 0 Å². The van der Waals surface area contributed by atoms with Gasteiger partial charge in [0.2, 0.25) is 0 Å². The van der Waals surface area contributed by atoms with Crippen LogP contribution in [0.3, 0.4) is 0 Å². The summed E-state index contributed by atoms with van der Waals surface area (Å²) in [5.74, 6) is 0.865. The maximum absolute atomic E-state index is 5.87. The number of aromatic nitrogens is 4. The van der Waals surface area contributed by atoms with Gasteiger partial charge in [0.05, 0.1) is 11.9 Å². The summed E-state index contributed by atoms with van der Waals surface area (Å²) in [4.78, 5) is 14.1. The van der Waals surface area contributed by atoms with E-state index in [1.165, 1.54) is 0 Å². The predicted octanol–water partition coefficient (Wildman–Crippen LogP) is 3.58. The largest absolute Gasteiger partial charge is 0.365 e. The number of hydrogen-bond acceptors (Lipinski definition) is 6. The predicted molar refractivity (Wildman–Crippen MR) is 120 cm³/mol. The second-order valence-electron chi connectivity index (χ2n) is 8.83. The van der Waals surface area contributed by atoms with Crippen LogP contribution in [0.25, 0.3) is 22.4 Å². The highest BCUT2D eigenvalue weighted by Gasteiger charge is 2.18. The van der Waals surface area contributed by atoms with Crippen LogP contribution in [0.15, 0.2) is 36.8 Å². The molecular weight excluding hydrogens is 380 g/mol. The summed E-state index contributed by atoms with van der Waals surface area (Å²) in [5.41, 5.74) is 3.53. The molecule has 0 aliphatic carbocycles. The zero-order valence-corrected chi connectivity index (χ0v) is 18.5. The molecule has 3 aromatic heterocycles. The molecule has 0 saturated carbocycles. The van der Waals surface area contributed by atoms with Crippen LogP contribution in [-0.4, -0.2) is 53.3 Å². The Labute approximate surface area is 172 Å². The van der Waals surface area contributed by atoms with E-state index in [2.05, 4.69) is 40.2 Å². The Bertz CT molecular complexity index is 961. The molecular formula is C21H30N6OSi. The summed E-state index contributed by atoms with van der Waals surface area (Å²) in [6.07, 6.45) is 6.74. The SMILES string of the molecule is C[Si](C)(C)CCOCn1ccc2nc(-c3cccnc3NC3CCNC3)cnc21. The van der Waals surface area contributed by atoms with Crippen LogP contribution in [0.4, 0.5) is 5.82 Å². The Balaban J connectivity index is 1.50. The first-order chi connectivity index (χ1) is 14.0. The lowest BCUT2D eigenvalue weighted by Crippen LogP contribution is -2.23. The third-order valence-corrected chi connectivity index (χ3v) is 6.88. The fourth-order valence-corrected chi connectivity index (χ4v) is 4.19. The minimum atomic E-state index is -1.08. The average molecular weight is 411 g/mol. The van der Waals surface area contributed by atoms with Gasteiger partial charge in [0.1, 0.15) is 18.1 Å². The molecule has 0 spiro atoms. The number of nitrogens with zero attached hydrogens (tertiary/aromatic N) is 4. The molecule has 4 heterocycles. The van der Waals surface area contributed by atoms with Gasteiger partial charge in [0, 0.05) is 45.2 Å². The molecule has 29 heavy (non-hydrogen) atoms. The quantitative estimate of drug-likeness (QED) is 0.437. The molecule has 4 rings (SSSR count). The van der Waals surface area contributed by atoms with E-state index in [1.54, 1.807) is 0 Å². The van der Waals surface area contributed by atoms with Crippen LogP contribution in [0.5, 0.6) is 0 Å². The van der Waals surface area contributed by atoms with Crippen molar-refractivity contribution in [2.24, 2.45) is 0 Å². The Morgan fingerprint density at radius 3 is 2.97 bits per heavy atom. The fourth-order valence-electron chi connectivity index (χ4n) is 3.43. The minimum Gasteiger partial charge on any atom is -0.365 e. The molecule has 1 atom stereocenters. The van der Waals surface area contributed by atoms with E-state index in [-0.39, 0.29) is 0 Å². The third kappa shape index (κ3) is 5.01. The number of ether oxygens (including phenoxy) is 1. The Morgan fingerprint density at radius 1 is 1.28 bits per heavy atom. The zero-order valence-electron chi connectivity index (χ0n) is 17.5. The van der Waals surface area contributed by atoms with Gasteiger partial charge in [-0.15, -0.1) is 0 Å². The van der Waals surface area contributed by atoms with Crippen molar-refractivity contribution >= 4 is 25.1 Å². The number of nitrogens with one attached hydrogen (secondary N) is 2. The molecule has 1 aliphatic rings. The van der Waals surface area contributed by atoms with Gasteiger partial charge in [-0.25, -0.2) is 15.0 Å². The molecule has 1 saturated heterocycles. The number of hydrogen-bond donors (Lipinski definition) is 2. The van der Waals surface area contributed by atoms with Gasteiger partial charge in [-0.3, -0.25) is 0 Å². The minimum absolute atomic E-state index is 0.398. The second-order valence-corrected chi connectivity index (χ2v) is 14.5. The summed E-state index contributed by atoms with van der Waals surface area (Å²) in [6, 6.07) is 7.55. The topological polar surface area (TPSA) is 76.9 Å². The lowest BCUT2D eigenvalue weighted by Gasteiger charge is -2.16. The van der Waals surface area contributed by atoms with Crippen LogP contribution in [0.2, 0.25) is 25.7 Å². The lowest BCUT2D eigenvalue weighted by molar-refractivity contribution is 0.0899. The van der Waals surface area contributed by atoms with Crippen molar-refractivity contribution in [2.45, 2.75) is 44.9 Å². The van der Waals surface area contributed by atoms with Gasteiger partial charge in [0.15, 0.2) is 5.65 Å². The van der Waals surface area contributed by atoms with Crippen LogP contribution in [0, 0.1) is 0 Å².